The van der Waals surface area contributed by atoms with Crippen LogP contribution >= 0.6 is 0 Å². The number of unbranched alkanes of at least 4 members (excludes halogenated alkanes) is 1. The molecule has 3 aliphatic rings. The molecule has 12 heteroatoms. The van der Waals surface area contributed by atoms with Crippen LogP contribution in [0.5, 0.6) is 0 Å². The first-order valence-electron chi connectivity index (χ1n) is 17.8. The van der Waals surface area contributed by atoms with Crippen LogP contribution in [0.1, 0.15) is 111 Å². The van der Waals surface area contributed by atoms with E-state index < -0.39 is 47.2 Å². The molecule has 2 aliphatic heterocycles. The van der Waals surface area contributed by atoms with Gasteiger partial charge in [-0.1, -0.05) is 65.9 Å². The smallest absolute Gasteiger partial charge is 0.315 e. The van der Waals surface area contributed by atoms with Crippen molar-refractivity contribution in [1.29, 1.82) is 0 Å². The Bertz CT molecular complexity index is 1130. The van der Waals surface area contributed by atoms with Crippen LogP contribution in [0.3, 0.4) is 0 Å². The number of rotatable bonds is 15. The number of hydrogen-bond donors (Lipinski definition) is 4. The first-order chi connectivity index (χ1) is 22.4. The van der Waals surface area contributed by atoms with E-state index in [0.29, 0.717) is 51.7 Å². The van der Waals surface area contributed by atoms with Crippen LogP contribution < -0.4 is 21.3 Å². The van der Waals surface area contributed by atoms with Gasteiger partial charge in [0.25, 0.3) is 5.91 Å². The SMILES string of the molecule is C=CCNC(=O)C(=O)C(CCCC)NC(=O)[C@@H]1CCCN1C(=O)[C@@H](NC(=O)N[C@H](CN1CCCCC1=O)C1CCCCC1)C(C)(C)C. The lowest BCUT2D eigenvalue weighted by atomic mass is 9.83. The fourth-order valence-corrected chi connectivity index (χ4v) is 6.96. The largest absolute Gasteiger partial charge is 0.346 e. The molecule has 0 spiro atoms. The molecule has 0 bridgehead atoms. The zero-order valence-corrected chi connectivity index (χ0v) is 29.0. The van der Waals surface area contributed by atoms with E-state index in [4.69, 9.17) is 0 Å². The summed E-state index contributed by atoms with van der Waals surface area (Å²) in [6.07, 6.45) is 11.9. The fraction of sp³-hybridized carbons (Fsp3) is 0.771. The van der Waals surface area contributed by atoms with Crippen molar-refractivity contribution in [2.75, 3.05) is 26.2 Å². The maximum atomic E-state index is 14.1. The molecule has 3 fully saturated rings. The monoisotopic (exact) mass is 658 g/mol. The number of likely N-dealkylation sites (tertiary alicyclic amines) is 2. The minimum atomic E-state index is -1.00. The molecule has 0 aromatic rings. The van der Waals surface area contributed by atoms with Crippen LogP contribution in [0.4, 0.5) is 4.79 Å². The summed E-state index contributed by atoms with van der Waals surface area (Å²) >= 11 is 0. The zero-order chi connectivity index (χ0) is 34.6. The molecule has 2 heterocycles. The molecule has 1 aliphatic carbocycles. The third kappa shape index (κ3) is 11.1. The zero-order valence-electron chi connectivity index (χ0n) is 29.0. The summed E-state index contributed by atoms with van der Waals surface area (Å²) in [6.45, 7) is 12.7. The number of nitrogens with zero attached hydrogens (tertiary/aromatic N) is 2. The molecule has 264 valence electrons. The lowest BCUT2D eigenvalue weighted by molar-refractivity contribution is -0.143. The molecule has 0 radical (unpaired) electrons. The van der Waals surface area contributed by atoms with Gasteiger partial charge in [-0.3, -0.25) is 24.0 Å². The molecule has 2 saturated heterocycles. The van der Waals surface area contributed by atoms with Crippen molar-refractivity contribution < 1.29 is 28.8 Å². The standard InChI is InChI=1S/C35H58N6O6/c1-6-8-17-25(29(43)32(45)36-20-7-2)37-31(44)27-18-14-22-41(27)33(46)30(35(3,4)5)39-34(47)38-26(24-15-10-9-11-16-24)23-40-21-13-12-19-28(40)42/h7,24-27,30H,2,6,8-23H2,1,3-5H3,(H,36,45)(H,37,44)(H2,38,39,47)/t25?,26-,27+,30-/m1/s1. The lowest BCUT2D eigenvalue weighted by Gasteiger charge is -2.38. The third-order valence-corrected chi connectivity index (χ3v) is 9.71. The maximum Gasteiger partial charge on any atom is 0.315 e. The summed E-state index contributed by atoms with van der Waals surface area (Å²) in [4.78, 5) is 82.6. The number of carbonyl (C=O) groups is 6. The Morgan fingerprint density at radius 1 is 0.936 bits per heavy atom. The van der Waals surface area contributed by atoms with E-state index >= 15 is 0 Å². The first kappa shape index (κ1) is 38.0. The van der Waals surface area contributed by atoms with Gasteiger partial charge in [-0.2, -0.15) is 0 Å². The summed E-state index contributed by atoms with van der Waals surface area (Å²) in [7, 11) is 0. The lowest BCUT2D eigenvalue weighted by Crippen LogP contribution is -2.61. The first-order valence-corrected chi connectivity index (χ1v) is 17.8. The van der Waals surface area contributed by atoms with E-state index in [1.165, 1.54) is 17.4 Å². The average molecular weight is 659 g/mol. The van der Waals surface area contributed by atoms with Gasteiger partial charge in [-0.05, 0) is 56.3 Å². The molecule has 47 heavy (non-hydrogen) atoms. The van der Waals surface area contributed by atoms with E-state index in [1.54, 1.807) is 0 Å². The van der Waals surface area contributed by atoms with Crippen LogP contribution in [0, 0.1) is 11.3 Å². The van der Waals surface area contributed by atoms with Gasteiger partial charge in [0, 0.05) is 32.6 Å². The van der Waals surface area contributed by atoms with Crippen LogP contribution in [-0.4, -0.2) is 95.6 Å². The predicted molar refractivity (Wildman–Crippen MR) is 180 cm³/mol. The Morgan fingerprint density at radius 3 is 2.30 bits per heavy atom. The van der Waals surface area contributed by atoms with Crippen LogP contribution in [-0.2, 0) is 24.0 Å². The number of Topliss-reactive ketones (excluding diaryl/α,β-unsaturated/α-hetero) is 1. The molecule has 4 N–H and O–H groups in total. The minimum absolute atomic E-state index is 0.122. The Balaban J connectivity index is 1.72. The molecule has 0 aromatic carbocycles. The van der Waals surface area contributed by atoms with E-state index in [9.17, 15) is 28.8 Å². The topological polar surface area (TPSA) is 157 Å². The van der Waals surface area contributed by atoms with Crippen molar-refractivity contribution >= 4 is 35.4 Å². The van der Waals surface area contributed by atoms with Gasteiger partial charge in [0.05, 0.1) is 12.1 Å². The second-order valence-electron chi connectivity index (χ2n) is 14.5. The molecule has 0 aromatic heterocycles. The molecular formula is C35H58N6O6. The maximum absolute atomic E-state index is 14.1. The summed E-state index contributed by atoms with van der Waals surface area (Å²) < 4.78 is 0. The molecule has 1 saturated carbocycles. The van der Waals surface area contributed by atoms with Crippen molar-refractivity contribution in [3.63, 3.8) is 0 Å². The predicted octanol–water partition coefficient (Wildman–Crippen LogP) is 3.20. The summed E-state index contributed by atoms with van der Waals surface area (Å²) in [6, 6.07) is -3.45. The summed E-state index contributed by atoms with van der Waals surface area (Å²) in [5, 5.41) is 11.3. The van der Waals surface area contributed by atoms with E-state index in [2.05, 4.69) is 27.8 Å². The molecule has 4 atom stereocenters. The van der Waals surface area contributed by atoms with E-state index in [-0.39, 0.29) is 30.3 Å². The van der Waals surface area contributed by atoms with Crippen LogP contribution in [0.2, 0.25) is 0 Å². The Kier molecular flexibility index (Phi) is 14.7. The Hall–Kier alpha value is -3.44. The minimum Gasteiger partial charge on any atom is -0.346 e. The second kappa shape index (κ2) is 18.2. The van der Waals surface area contributed by atoms with Crippen molar-refractivity contribution in [3.8, 4) is 0 Å². The van der Waals surface area contributed by atoms with Gasteiger partial charge in [-0.15, -0.1) is 6.58 Å². The average Bonchev–Trinajstić information content (AvgIpc) is 3.55. The molecule has 1 unspecified atom stereocenters. The highest BCUT2D eigenvalue weighted by Gasteiger charge is 2.43. The fourth-order valence-electron chi connectivity index (χ4n) is 6.96. The van der Waals surface area contributed by atoms with Gasteiger partial charge in [0.1, 0.15) is 12.1 Å². The van der Waals surface area contributed by atoms with Crippen molar-refractivity contribution in [3.05, 3.63) is 12.7 Å². The summed E-state index contributed by atoms with van der Waals surface area (Å²) in [5.41, 5.74) is -0.677. The van der Waals surface area contributed by atoms with Gasteiger partial charge >= 0.3 is 6.03 Å². The van der Waals surface area contributed by atoms with Gasteiger partial charge in [0.2, 0.25) is 23.5 Å². The van der Waals surface area contributed by atoms with Crippen molar-refractivity contribution in [2.24, 2.45) is 11.3 Å². The van der Waals surface area contributed by atoms with Crippen molar-refractivity contribution in [2.45, 2.75) is 135 Å². The van der Waals surface area contributed by atoms with Crippen LogP contribution in [0.25, 0.3) is 0 Å². The molecule has 3 rings (SSSR count). The quantitative estimate of drug-likeness (QED) is 0.156. The molecular weight excluding hydrogens is 600 g/mol. The van der Waals surface area contributed by atoms with Gasteiger partial charge in [-0.25, -0.2) is 4.79 Å². The van der Waals surface area contributed by atoms with Gasteiger partial charge < -0.3 is 31.1 Å². The highest BCUT2D eigenvalue weighted by molar-refractivity contribution is 6.38. The number of piperidine rings is 1. The van der Waals surface area contributed by atoms with Crippen molar-refractivity contribution in [1.82, 2.24) is 31.1 Å². The Labute approximate surface area is 280 Å². The number of carbonyl (C=O) groups excluding carboxylic acids is 6. The van der Waals surface area contributed by atoms with E-state index in [1.807, 2.05) is 32.6 Å². The third-order valence-electron chi connectivity index (χ3n) is 9.71. The number of hydrogen-bond acceptors (Lipinski definition) is 6. The normalized spacial score (nSPS) is 20.9. The number of urea groups is 1. The number of nitrogens with one attached hydrogen (secondary N) is 4. The van der Waals surface area contributed by atoms with Gasteiger partial charge in [0.15, 0.2) is 0 Å². The van der Waals surface area contributed by atoms with E-state index in [0.717, 1.165) is 44.9 Å². The molecule has 6 amide bonds. The second-order valence-corrected chi connectivity index (χ2v) is 14.5. The Morgan fingerprint density at radius 2 is 1.66 bits per heavy atom. The molecule has 12 nitrogen and oxygen atoms in total. The number of ketones is 1. The highest BCUT2D eigenvalue weighted by atomic mass is 16.2. The summed E-state index contributed by atoms with van der Waals surface area (Å²) in [5.74, 6) is -1.99. The highest BCUT2D eigenvalue weighted by Crippen LogP contribution is 2.29. The number of amides is 6. The van der Waals surface area contributed by atoms with Crippen LogP contribution in [0.15, 0.2) is 12.7 Å².